The van der Waals surface area contributed by atoms with E-state index in [1.807, 2.05) is 31.2 Å². The third kappa shape index (κ3) is 5.75. The Labute approximate surface area is 138 Å². The monoisotopic (exact) mass is 320 g/mol. The molecule has 1 aliphatic rings. The van der Waals surface area contributed by atoms with Gasteiger partial charge in [0, 0.05) is 25.8 Å². The molecule has 0 spiro atoms. The first-order valence-electron chi connectivity index (χ1n) is 8.53. The van der Waals surface area contributed by atoms with Crippen molar-refractivity contribution in [1.82, 2.24) is 10.6 Å². The Morgan fingerprint density at radius 3 is 2.83 bits per heavy atom. The second-order valence-corrected chi connectivity index (χ2v) is 5.93. The molecule has 1 aromatic rings. The Morgan fingerprint density at radius 1 is 1.35 bits per heavy atom. The van der Waals surface area contributed by atoms with Crippen molar-refractivity contribution in [1.29, 1.82) is 0 Å². The van der Waals surface area contributed by atoms with E-state index >= 15 is 0 Å². The Kier molecular flexibility index (Phi) is 7.20. The van der Waals surface area contributed by atoms with Gasteiger partial charge in [-0.1, -0.05) is 18.2 Å². The summed E-state index contributed by atoms with van der Waals surface area (Å²) in [6, 6.07) is 8.03. The van der Waals surface area contributed by atoms with Crippen LogP contribution < -0.4 is 15.4 Å². The maximum absolute atomic E-state index is 12.0. The van der Waals surface area contributed by atoms with Crippen LogP contribution in [0.1, 0.15) is 32.3 Å². The molecule has 2 amide bonds. The van der Waals surface area contributed by atoms with Gasteiger partial charge >= 0.3 is 6.03 Å². The van der Waals surface area contributed by atoms with Crippen LogP contribution >= 0.6 is 0 Å². The lowest BCUT2D eigenvalue weighted by molar-refractivity contribution is 0.0571. The Hall–Kier alpha value is -1.75. The van der Waals surface area contributed by atoms with E-state index in [0.717, 1.165) is 43.8 Å². The Balaban J connectivity index is 1.72. The number of amides is 2. The summed E-state index contributed by atoms with van der Waals surface area (Å²) in [5.74, 6) is 1.40. The van der Waals surface area contributed by atoms with Crippen LogP contribution in [0.15, 0.2) is 24.3 Å². The predicted octanol–water partition coefficient (Wildman–Crippen LogP) is 2.74. The van der Waals surface area contributed by atoms with Crippen molar-refractivity contribution in [3.05, 3.63) is 29.8 Å². The summed E-state index contributed by atoms with van der Waals surface area (Å²) in [7, 11) is 0. The van der Waals surface area contributed by atoms with Crippen LogP contribution in [0, 0.1) is 5.92 Å². The third-order valence-electron chi connectivity index (χ3n) is 4.28. The number of para-hydroxylation sites is 1. The van der Waals surface area contributed by atoms with Crippen molar-refractivity contribution in [2.24, 2.45) is 5.92 Å². The molecule has 1 heterocycles. The highest BCUT2D eigenvalue weighted by Gasteiger charge is 2.21. The van der Waals surface area contributed by atoms with Crippen LogP contribution in [0.4, 0.5) is 4.79 Å². The fourth-order valence-corrected chi connectivity index (χ4v) is 2.91. The minimum atomic E-state index is -0.0992. The van der Waals surface area contributed by atoms with Gasteiger partial charge in [0.05, 0.1) is 6.61 Å². The van der Waals surface area contributed by atoms with E-state index in [9.17, 15) is 4.79 Å². The maximum Gasteiger partial charge on any atom is 0.315 e. The lowest BCUT2D eigenvalue weighted by atomic mass is 9.93. The fraction of sp³-hybridized carbons (Fsp3) is 0.611. The summed E-state index contributed by atoms with van der Waals surface area (Å²) in [6.07, 6.45) is 2.79. The molecule has 1 atom stereocenters. The first-order valence-corrected chi connectivity index (χ1v) is 8.53. The van der Waals surface area contributed by atoms with Crippen LogP contribution in [0.25, 0.3) is 0 Å². The molecule has 128 valence electrons. The number of ether oxygens (including phenoxy) is 2. The average molecular weight is 320 g/mol. The van der Waals surface area contributed by atoms with Gasteiger partial charge in [-0.2, -0.15) is 0 Å². The SMILES string of the molecule is CCOc1ccccc1CCNC(=O)N[C@@H](C)C1CCOCC1. The second kappa shape index (κ2) is 9.40. The Bertz CT molecular complexity index is 487. The molecule has 2 N–H and O–H groups in total. The fourth-order valence-electron chi connectivity index (χ4n) is 2.91. The van der Waals surface area contributed by atoms with Gasteiger partial charge in [-0.25, -0.2) is 4.79 Å². The van der Waals surface area contributed by atoms with Gasteiger partial charge in [-0.15, -0.1) is 0 Å². The minimum absolute atomic E-state index is 0.0992. The van der Waals surface area contributed by atoms with E-state index in [2.05, 4.69) is 17.6 Å². The van der Waals surface area contributed by atoms with Gasteiger partial charge < -0.3 is 20.1 Å². The molecule has 0 aliphatic carbocycles. The number of hydrogen-bond acceptors (Lipinski definition) is 3. The summed E-state index contributed by atoms with van der Waals surface area (Å²) in [4.78, 5) is 12.0. The molecular weight excluding hydrogens is 292 g/mol. The number of urea groups is 1. The molecular formula is C18H28N2O3. The number of carbonyl (C=O) groups excluding carboxylic acids is 1. The molecule has 5 nitrogen and oxygen atoms in total. The molecule has 2 rings (SSSR count). The molecule has 0 bridgehead atoms. The first-order chi connectivity index (χ1) is 11.2. The summed E-state index contributed by atoms with van der Waals surface area (Å²) >= 11 is 0. The predicted molar refractivity (Wildman–Crippen MR) is 90.9 cm³/mol. The molecule has 1 aromatic carbocycles. The van der Waals surface area contributed by atoms with Crippen molar-refractivity contribution in [3.63, 3.8) is 0 Å². The van der Waals surface area contributed by atoms with Gasteiger partial charge in [-0.3, -0.25) is 0 Å². The summed E-state index contributed by atoms with van der Waals surface area (Å²) in [6.45, 7) is 6.88. The zero-order chi connectivity index (χ0) is 16.5. The molecule has 1 aliphatic heterocycles. The second-order valence-electron chi connectivity index (χ2n) is 5.93. The summed E-state index contributed by atoms with van der Waals surface area (Å²) in [5, 5.41) is 5.97. The van der Waals surface area contributed by atoms with Gasteiger partial charge in [-0.05, 0) is 50.7 Å². The Morgan fingerprint density at radius 2 is 2.09 bits per heavy atom. The lowest BCUT2D eigenvalue weighted by Gasteiger charge is -2.28. The number of carbonyl (C=O) groups is 1. The van der Waals surface area contributed by atoms with Crippen LogP contribution in [0.3, 0.4) is 0 Å². The summed E-state index contributed by atoms with van der Waals surface area (Å²) < 4.78 is 11.0. The molecule has 5 heteroatoms. The number of benzene rings is 1. The average Bonchev–Trinajstić information content (AvgIpc) is 2.57. The normalized spacial score (nSPS) is 16.6. The zero-order valence-corrected chi connectivity index (χ0v) is 14.1. The zero-order valence-electron chi connectivity index (χ0n) is 14.1. The minimum Gasteiger partial charge on any atom is -0.494 e. The molecule has 0 unspecified atom stereocenters. The molecule has 0 saturated carbocycles. The molecule has 1 fully saturated rings. The van der Waals surface area contributed by atoms with Gasteiger partial charge in [0.2, 0.25) is 0 Å². The van der Waals surface area contributed by atoms with Crippen molar-refractivity contribution in [2.45, 2.75) is 39.2 Å². The summed E-state index contributed by atoms with van der Waals surface area (Å²) in [5.41, 5.74) is 1.12. The molecule has 0 aromatic heterocycles. The van der Waals surface area contributed by atoms with E-state index in [-0.39, 0.29) is 12.1 Å². The standard InChI is InChI=1S/C18H28N2O3/c1-3-23-17-7-5-4-6-16(17)8-11-19-18(21)20-14(2)15-9-12-22-13-10-15/h4-7,14-15H,3,8-13H2,1-2H3,(H2,19,20,21)/t14-/m0/s1. The number of nitrogens with one attached hydrogen (secondary N) is 2. The van der Waals surface area contributed by atoms with Crippen LogP contribution in [-0.2, 0) is 11.2 Å². The van der Waals surface area contributed by atoms with Gasteiger partial charge in [0.15, 0.2) is 0 Å². The molecule has 0 radical (unpaired) electrons. The van der Waals surface area contributed by atoms with E-state index in [0.29, 0.717) is 19.1 Å². The molecule has 23 heavy (non-hydrogen) atoms. The topological polar surface area (TPSA) is 59.6 Å². The quantitative estimate of drug-likeness (QED) is 0.812. The largest absolute Gasteiger partial charge is 0.494 e. The number of rotatable bonds is 7. The van der Waals surface area contributed by atoms with Crippen molar-refractivity contribution < 1.29 is 14.3 Å². The maximum atomic E-state index is 12.0. The van der Waals surface area contributed by atoms with Crippen molar-refractivity contribution in [2.75, 3.05) is 26.4 Å². The number of hydrogen-bond donors (Lipinski definition) is 2. The van der Waals surface area contributed by atoms with Crippen molar-refractivity contribution in [3.8, 4) is 5.75 Å². The van der Waals surface area contributed by atoms with Crippen LogP contribution in [0.5, 0.6) is 5.75 Å². The van der Waals surface area contributed by atoms with Crippen LogP contribution in [-0.4, -0.2) is 38.4 Å². The van der Waals surface area contributed by atoms with Gasteiger partial charge in [0.25, 0.3) is 0 Å². The van der Waals surface area contributed by atoms with Gasteiger partial charge in [0.1, 0.15) is 5.75 Å². The highest BCUT2D eigenvalue weighted by Crippen LogP contribution is 2.19. The van der Waals surface area contributed by atoms with E-state index in [4.69, 9.17) is 9.47 Å². The highest BCUT2D eigenvalue weighted by atomic mass is 16.5. The highest BCUT2D eigenvalue weighted by molar-refractivity contribution is 5.74. The van der Waals surface area contributed by atoms with Crippen molar-refractivity contribution >= 4 is 6.03 Å². The third-order valence-corrected chi connectivity index (χ3v) is 4.28. The first kappa shape index (κ1) is 17.6. The molecule has 1 saturated heterocycles. The van der Waals surface area contributed by atoms with Crippen LogP contribution in [0.2, 0.25) is 0 Å². The van der Waals surface area contributed by atoms with E-state index in [1.54, 1.807) is 0 Å². The smallest absolute Gasteiger partial charge is 0.315 e. The lowest BCUT2D eigenvalue weighted by Crippen LogP contribution is -2.45. The van der Waals surface area contributed by atoms with E-state index in [1.165, 1.54) is 0 Å². The van der Waals surface area contributed by atoms with E-state index < -0.39 is 0 Å².